The first-order chi connectivity index (χ1) is 10.5. The van der Waals surface area contributed by atoms with Crippen molar-refractivity contribution in [1.29, 1.82) is 0 Å². The van der Waals surface area contributed by atoms with Crippen LogP contribution in [0.15, 0.2) is 48.5 Å². The summed E-state index contributed by atoms with van der Waals surface area (Å²) in [5.74, 6) is 0.555. The highest BCUT2D eigenvalue weighted by Gasteiger charge is 2.30. The van der Waals surface area contributed by atoms with Crippen LogP contribution in [0.1, 0.15) is 31.9 Å². The van der Waals surface area contributed by atoms with Crippen molar-refractivity contribution in [3.05, 3.63) is 59.7 Å². The molecule has 0 aliphatic rings. The molecule has 118 valence electrons. The number of phenols is 2. The van der Waals surface area contributed by atoms with Crippen molar-refractivity contribution in [3.63, 3.8) is 0 Å². The average Bonchev–Trinajstić information content (AvgIpc) is 2.53. The van der Waals surface area contributed by atoms with Crippen molar-refractivity contribution < 1.29 is 10.2 Å². The second-order valence-electron chi connectivity index (χ2n) is 5.89. The zero-order valence-corrected chi connectivity index (χ0v) is 13.6. The van der Waals surface area contributed by atoms with E-state index in [4.69, 9.17) is 0 Å². The fourth-order valence-corrected chi connectivity index (χ4v) is 2.90. The van der Waals surface area contributed by atoms with Gasteiger partial charge in [-0.3, -0.25) is 0 Å². The molecular formula is C19H25NO2. The van der Waals surface area contributed by atoms with Gasteiger partial charge in [-0.1, -0.05) is 45.0 Å². The van der Waals surface area contributed by atoms with Crippen LogP contribution >= 0.6 is 0 Å². The number of benzene rings is 2. The maximum absolute atomic E-state index is 9.56. The summed E-state index contributed by atoms with van der Waals surface area (Å²) in [6, 6.07) is 14.8. The topological polar surface area (TPSA) is 43.7 Å². The first kappa shape index (κ1) is 16.4. The van der Waals surface area contributed by atoms with Crippen LogP contribution in [0, 0.1) is 0 Å². The number of hydrogen-bond donors (Lipinski definition) is 2. The summed E-state index contributed by atoms with van der Waals surface area (Å²) in [6.45, 7) is 9.40. The Bertz CT molecular complexity index is 540. The van der Waals surface area contributed by atoms with Gasteiger partial charge in [0, 0.05) is 12.0 Å². The minimum absolute atomic E-state index is 0.201. The van der Waals surface area contributed by atoms with E-state index >= 15 is 0 Å². The third-order valence-electron chi connectivity index (χ3n) is 4.44. The summed E-state index contributed by atoms with van der Waals surface area (Å²) in [6.07, 6.45) is 0. The van der Waals surface area contributed by atoms with E-state index in [-0.39, 0.29) is 16.9 Å². The zero-order valence-electron chi connectivity index (χ0n) is 13.6. The molecule has 0 amide bonds. The molecular weight excluding hydrogens is 274 g/mol. The normalized spacial score (nSPS) is 11.8. The van der Waals surface area contributed by atoms with Gasteiger partial charge in [0.1, 0.15) is 11.5 Å². The van der Waals surface area contributed by atoms with Crippen molar-refractivity contribution in [2.75, 3.05) is 19.6 Å². The van der Waals surface area contributed by atoms with Gasteiger partial charge in [0.2, 0.25) is 0 Å². The van der Waals surface area contributed by atoms with Crippen molar-refractivity contribution in [3.8, 4) is 11.5 Å². The average molecular weight is 299 g/mol. The second kappa shape index (κ2) is 6.84. The third kappa shape index (κ3) is 3.42. The summed E-state index contributed by atoms with van der Waals surface area (Å²) >= 11 is 0. The lowest BCUT2D eigenvalue weighted by Gasteiger charge is -2.36. The number of likely N-dealkylation sites (N-methyl/N-ethyl adjacent to an activating group) is 1. The molecule has 2 N–H and O–H groups in total. The van der Waals surface area contributed by atoms with E-state index in [1.807, 2.05) is 24.3 Å². The smallest absolute Gasteiger partial charge is 0.115 e. The predicted octanol–water partition coefficient (Wildman–Crippen LogP) is 3.75. The fourth-order valence-electron chi connectivity index (χ4n) is 2.90. The monoisotopic (exact) mass is 299 g/mol. The minimum Gasteiger partial charge on any atom is -0.508 e. The Kier molecular flexibility index (Phi) is 5.09. The number of nitrogens with zero attached hydrogens (tertiary/aromatic N) is 1. The molecule has 3 nitrogen and oxygen atoms in total. The lowest BCUT2D eigenvalue weighted by Crippen LogP contribution is -2.39. The van der Waals surface area contributed by atoms with Gasteiger partial charge in [-0.05, 0) is 48.5 Å². The lowest BCUT2D eigenvalue weighted by atomic mass is 9.75. The van der Waals surface area contributed by atoms with Crippen LogP contribution in [0.2, 0.25) is 0 Å². The molecule has 0 unspecified atom stereocenters. The summed E-state index contributed by atoms with van der Waals surface area (Å²) in [5.41, 5.74) is 2.11. The Morgan fingerprint density at radius 1 is 0.773 bits per heavy atom. The lowest BCUT2D eigenvalue weighted by molar-refractivity contribution is 0.255. The molecule has 0 fully saturated rings. The molecule has 0 spiro atoms. The largest absolute Gasteiger partial charge is 0.508 e. The van der Waals surface area contributed by atoms with E-state index in [1.54, 1.807) is 24.3 Å². The van der Waals surface area contributed by atoms with Gasteiger partial charge < -0.3 is 15.1 Å². The summed E-state index contributed by atoms with van der Waals surface area (Å²) in [5, 5.41) is 19.1. The Hall–Kier alpha value is -2.00. The molecule has 0 aromatic heterocycles. The third-order valence-corrected chi connectivity index (χ3v) is 4.44. The number of aromatic hydroxyl groups is 2. The number of hydrogen-bond acceptors (Lipinski definition) is 3. The summed E-state index contributed by atoms with van der Waals surface area (Å²) in [4.78, 5) is 2.39. The van der Waals surface area contributed by atoms with Gasteiger partial charge >= 0.3 is 0 Å². The van der Waals surface area contributed by atoms with Crippen LogP contribution < -0.4 is 0 Å². The van der Waals surface area contributed by atoms with Crippen LogP contribution in [0.5, 0.6) is 11.5 Å². The van der Waals surface area contributed by atoms with Crippen LogP contribution in [0.4, 0.5) is 0 Å². The van der Waals surface area contributed by atoms with Gasteiger partial charge in [0.25, 0.3) is 0 Å². The minimum atomic E-state index is -0.201. The van der Waals surface area contributed by atoms with Crippen molar-refractivity contribution in [2.24, 2.45) is 0 Å². The molecule has 0 aliphatic heterocycles. The molecule has 2 aromatic carbocycles. The molecule has 0 aliphatic carbocycles. The molecule has 3 heteroatoms. The van der Waals surface area contributed by atoms with E-state index in [9.17, 15) is 10.2 Å². The molecule has 2 rings (SSSR count). The molecule has 22 heavy (non-hydrogen) atoms. The highest BCUT2D eigenvalue weighted by molar-refractivity contribution is 5.42. The van der Waals surface area contributed by atoms with Gasteiger partial charge in [0.05, 0.1) is 0 Å². The quantitative estimate of drug-likeness (QED) is 0.854. The van der Waals surface area contributed by atoms with Gasteiger partial charge in [-0.25, -0.2) is 0 Å². The van der Waals surface area contributed by atoms with E-state index in [0.717, 1.165) is 30.8 Å². The maximum Gasteiger partial charge on any atom is 0.115 e. The van der Waals surface area contributed by atoms with Gasteiger partial charge in [0.15, 0.2) is 0 Å². The SMILES string of the molecule is CCN(CC)CC(C)(c1ccc(O)cc1)c1ccc(O)cc1. The van der Waals surface area contributed by atoms with Crippen LogP contribution in [-0.2, 0) is 5.41 Å². The van der Waals surface area contributed by atoms with Crippen molar-refractivity contribution in [2.45, 2.75) is 26.2 Å². The zero-order chi connectivity index (χ0) is 16.2. The molecule has 2 aromatic rings. The van der Waals surface area contributed by atoms with E-state index in [2.05, 4.69) is 25.7 Å². The van der Waals surface area contributed by atoms with Crippen LogP contribution in [0.3, 0.4) is 0 Å². The highest BCUT2D eigenvalue weighted by atomic mass is 16.3. The van der Waals surface area contributed by atoms with Crippen LogP contribution in [-0.4, -0.2) is 34.7 Å². The highest BCUT2D eigenvalue weighted by Crippen LogP contribution is 2.34. The van der Waals surface area contributed by atoms with E-state index < -0.39 is 0 Å². The number of rotatable bonds is 6. The predicted molar refractivity (Wildman–Crippen MR) is 90.5 cm³/mol. The molecule has 0 radical (unpaired) electrons. The van der Waals surface area contributed by atoms with Gasteiger partial charge in [-0.15, -0.1) is 0 Å². The first-order valence-corrected chi connectivity index (χ1v) is 7.81. The number of phenolic OH excluding ortho intramolecular Hbond substituents is 2. The maximum atomic E-state index is 9.56. The Morgan fingerprint density at radius 2 is 1.14 bits per heavy atom. The Balaban J connectivity index is 2.47. The first-order valence-electron chi connectivity index (χ1n) is 7.81. The molecule has 0 saturated carbocycles. The summed E-state index contributed by atoms with van der Waals surface area (Å²) in [7, 11) is 0. The Labute approximate surface area is 132 Å². The fraction of sp³-hybridized carbons (Fsp3) is 0.368. The second-order valence-corrected chi connectivity index (χ2v) is 5.89. The Morgan fingerprint density at radius 3 is 1.45 bits per heavy atom. The molecule has 0 bridgehead atoms. The molecule has 0 atom stereocenters. The van der Waals surface area contributed by atoms with Crippen molar-refractivity contribution in [1.82, 2.24) is 4.90 Å². The van der Waals surface area contributed by atoms with Gasteiger partial charge in [-0.2, -0.15) is 0 Å². The molecule has 0 heterocycles. The summed E-state index contributed by atoms with van der Waals surface area (Å²) < 4.78 is 0. The van der Waals surface area contributed by atoms with Crippen LogP contribution in [0.25, 0.3) is 0 Å². The van der Waals surface area contributed by atoms with E-state index in [1.165, 1.54) is 0 Å². The van der Waals surface area contributed by atoms with E-state index in [0.29, 0.717) is 0 Å². The standard InChI is InChI=1S/C19H25NO2/c1-4-20(5-2)14-19(3,15-6-10-17(21)11-7-15)16-8-12-18(22)13-9-16/h6-13,21-22H,4-5,14H2,1-3H3. The van der Waals surface area contributed by atoms with Crippen molar-refractivity contribution >= 4 is 0 Å². The molecule has 0 saturated heterocycles.